The molecule has 23 heavy (non-hydrogen) atoms. The van der Waals surface area contributed by atoms with Crippen LogP contribution in [0.1, 0.15) is 5.56 Å². The van der Waals surface area contributed by atoms with Gasteiger partial charge in [0.1, 0.15) is 0 Å². The molecule has 0 fully saturated rings. The number of carbonyl (C=O) groups is 1. The number of carbonyl (C=O) groups excluding carboxylic acids is 1. The first kappa shape index (κ1) is 15.2. The van der Waals surface area contributed by atoms with Gasteiger partial charge in [0, 0.05) is 22.9 Å². The molecule has 0 aliphatic heterocycles. The Morgan fingerprint density at radius 2 is 2.13 bits per heavy atom. The first-order valence-electron chi connectivity index (χ1n) is 6.91. The predicted molar refractivity (Wildman–Crippen MR) is 93.2 cm³/mol. The third-order valence-electron chi connectivity index (χ3n) is 3.03. The van der Waals surface area contributed by atoms with Crippen LogP contribution in [-0.4, -0.2) is 20.7 Å². The molecule has 0 bridgehead atoms. The van der Waals surface area contributed by atoms with Crippen LogP contribution in [0.4, 0.5) is 5.69 Å². The van der Waals surface area contributed by atoms with Crippen LogP contribution in [0.3, 0.4) is 0 Å². The second kappa shape index (κ2) is 7.02. The van der Waals surface area contributed by atoms with Crippen molar-refractivity contribution in [3.8, 4) is 5.82 Å². The molecule has 0 unspecified atom stereocenters. The minimum Gasteiger partial charge on any atom is -0.321 e. The number of hydrogen-bond donors (Lipinski definition) is 1. The lowest BCUT2D eigenvalue weighted by molar-refractivity contribution is -0.111. The lowest BCUT2D eigenvalue weighted by Gasteiger charge is -2.04. The van der Waals surface area contributed by atoms with E-state index in [2.05, 4.69) is 31.3 Å². The Morgan fingerprint density at radius 1 is 1.22 bits per heavy atom. The van der Waals surface area contributed by atoms with E-state index in [9.17, 15) is 4.79 Å². The second-order valence-corrected chi connectivity index (χ2v) is 5.65. The van der Waals surface area contributed by atoms with Crippen LogP contribution in [0.2, 0.25) is 0 Å². The zero-order chi connectivity index (χ0) is 16.1. The maximum Gasteiger partial charge on any atom is 0.248 e. The quantitative estimate of drug-likeness (QED) is 0.714. The van der Waals surface area contributed by atoms with Gasteiger partial charge in [-0.1, -0.05) is 28.1 Å². The van der Waals surface area contributed by atoms with Crippen molar-refractivity contribution < 1.29 is 4.79 Å². The topological polar surface area (TPSA) is 59.8 Å². The highest BCUT2D eigenvalue weighted by Gasteiger charge is 2.01. The van der Waals surface area contributed by atoms with Gasteiger partial charge >= 0.3 is 0 Å². The number of nitrogens with one attached hydrogen (secondary N) is 1. The van der Waals surface area contributed by atoms with Crippen molar-refractivity contribution in [2.45, 2.75) is 0 Å². The van der Waals surface area contributed by atoms with Gasteiger partial charge in [0.2, 0.25) is 5.91 Å². The maximum atomic E-state index is 11.9. The third kappa shape index (κ3) is 4.14. The molecule has 3 aromatic rings. The number of nitrogens with zero attached hydrogens (tertiary/aromatic N) is 3. The first-order valence-corrected chi connectivity index (χ1v) is 7.71. The van der Waals surface area contributed by atoms with Gasteiger partial charge in [-0.05, 0) is 42.0 Å². The Bertz CT molecular complexity index is 826. The number of anilines is 1. The molecule has 0 spiro atoms. The van der Waals surface area contributed by atoms with Crippen LogP contribution in [0.25, 0.3) is 11.9 Å². The van der Waals surface area contributed by atoms with E-state index in [1.807, 2.05) is 30.3 Å². The maximum absolute atomic E-state index is 11.9. The van der Waals surface area contributed by atoms with Crippen LogP contribution < -0.4 is 5.32 Å². The summed E-state index contributed by atoms with van der Waals surface area (Å²) in [6.07, 6.45) is 8.34. The summed E-state index contributed by atoms with van der Waals surface area (Å²) in [7, 11) is 0. The Labute approximate surface area is 141 Å². The molecule has 0 aliphatic carbocycles. The summed E-state index contributed by atoms with van der Waals surface area (Å²) < 4.78 is 2.62. The van der Waals surface area contributed by atoms with Crippen LogP contribution in [-0.2, 0) is 4.79 Å². The molecule has 1 aromatic carbocycles. The summed E-state index contributed by atoms with van der Waals surface area (Å²) in [5, 5.41) is 6.87. The molecule has 0 atom stereocenters. The summed E-state index contributed by atoms with van der Waals surface area (Å²) in [6, 6.07) is 13.1. The Kier molecular flexibility index (Phi) is 4.63. The Hall–Kier alpha value is -2.73. The lowest BCUT2D eigenvalue weighted by Crippen LogP contribution is -2.08. The van der Waals surface area contributed by atoms with Crippen molar-refractivity contribution in [3.05, 3.63) is 77.2 Å². The van der Waals surface area contributed by atoms with E-state index in [4.69, 9.17) is 0 Å². The molecule has 1 amide bonds. The van der Waals surface area contributed by atoms with Gasteiger partial charge in [-0.3, -0.25) is 4.79 Å². The van der Waals surface area contributed by atoms with E-state index < -0.39 is 0 Å². The highest BCUT2D eigenvalue weighted by atomic mass is 79.9. The molecule has 5 nitrogen and oxygen atoms in total. The zero-order valence-corrected chi connectivity index (χ0v) is 13.6. The molecular weight excluding hydrogens is 356 g/mol. The fourth-order valence-corrected chi connectivity index (χ4v) is 2.38. The van der Waals surface area contributed by atoms with Gasteiger partial charge in [-0.15, -0.1) is 0 Å². The van der Waals surface area contributed by atoms with Crippen molar-refractivity contribution in [1.82, 2.24) is 14.8 Å². The molecular formula is C17H13BrN4O. The summed E-state index contributed by atoms with van der Waals surface area (Å²) in [5.41, 5.74) is 1.58. The minimum atomic E-state index is -0.210. The molecule has 0 saturated heterocycles. The zero-order valence-electron chi connectivity index (χ0n) is 12.1. The molecule has 1 N–H and O–H groups in total. The van der Waals surface area contributed by atoms with Crippen molar-refractivity contribution in [1.29, 1.82) is 0 Å². The van der Waals surface area contributed by atoms with Crippen molar-refractivity contribution in [3.63, 3.8) is 0 Å². The van der Waals surface area contributed by atoms with Gasteiger partial charge in [0.05, 0.1) is 11.9 Å². The molecule has 0 saturated carbocycles. The number of halogens is 1. The van der Waals surface area contributed by atoms with Crippen LogP contribution in [0.5, 0.6) is 0 Å². The van der Waals surface area contributed by atoms with Crippen LogP contribution in [0.15, 0.2) is 71.6 Å². The van der Waals surface area contributed by atoms with E-state index >= 15 is 0 Å². The average molecular weight is 369 g/mol. The number of pyridine rings is 1. The van der Waals surface area contributed by atoms with E-state index in [1.165, 1.54) is 6.08 Å². The minimum absolute atomic E-state index is 0.210. The largest absolute Gasteiger partial charge is 0.321 e. The van der Waals surface area contributed by atoms with E-state index in [-0.39, 0.29) is 5.91 Å². The first-order chi connectivity index (χ1) is 11.2. The smallest absolute Gasteiger partial charge is 0.248 e. The molecule has 0 aliphatic rings. The summed E-state index contributed by atoms with van der Waals surface area (Å²) in [5.74, 6) is 0.483. The third-order valence-corrected chi connectivity index (χ3v) is 3.52. The van der Waals surface area contributed by atoms with E-state index in [0.29, 0.717) is 11.5 Å². The van der Waals surface area contributed by atoms with Crippen LogP contribution >= 0.6 is 15.9 Å². The lowest BCUT2D eigenvalue weighted by atomic mass is 10.2. The number of aromatic nitrogens is 3. The number of hydrogen-bond acceptors (Lipinski definition) is 3. The van der Waals surface area contributed by atoms with Crippen molar-refractivity contribution >= 4 is 33.6 Å². The monoisotopic (exact) mass is 368 g/mol. The molecule has 3 rings (SSSR count). The molecule has 6 heteroatoms. The standard InChI is InChI=1S/C17H13BrN4O/c18-14-4-1-3-13(11-14)5-8-17(23)21-15-6-7-16(19-12-15)22-10-2-9-20-22/h1-12H,(H,21,23)/b8-5+. The van der Waals surface area contributed by atoms with E-state index in [0.717, 1.165) is 10.0 Å². The fourth-order valence-electron chi connectivity index (χ4n) is 1.97. The molecule has 114 valence electrons. The van der Waals surface area contributed by atoms with Crippen LogP contribution in [0, 0.1) is 0 Å². The Balaban J connectivity index is 1.64. The normalized spacial score (nSPS) is 10.8. The van der Waals surface area contributed by atoms with Gasteiger partial charge in [0.15, 0.2) is 5.82 Å². The summed E-state index contributed by atoms with van der Waals surface area (Å²) in [6.45, 7) is 0. The van der Waals surface area contributed by atoms with Gasteiger partial charge in [-0.25, -0.2) is 9.67 Å². The summed E-state index contributed by atoms with van der Waals surface area (Å²) in [4.78, 5) is 16.2. The van der Waals surface area contributed by atoms with Crippen molar-refractivity contribution in [2.24, 2.45) is 0 Å². The molecule has 2 aromatic heterocycles. The second-order valence-electron chi connectivity index (χ2n) is 4.73. The summed E-state index contributed by atoms with van der Waals surface area (Å²) >= 11 is 3.40. The highest BCUT2D eigenvalue weighted by molar-refractivity contribution is 9.10. The van der Waals surface area contributed by atoms with Gasteiger partial charge in [-0.2, -0.15) is 5.10 Å². The predicted octanol–water partition coefficient (Wildman–Crippen LogP) is 3.68. The number of benzene rings is 1. The highest BCUT2D eigenvalue weighted by Crippen LogP contribution is 2.13. The SMILES string of the molecule is O=C(/C=C/c1cccc(Br)c1)Nc1ccc(-n2cccn2)nc1. The van der Waals surface area contributed by atoms with Gasteiger partial charge in [0.25, 0.3) is 0 Å². The Morgan fingerprint density at radius 3 is 2.83 bits per heavy atom. The average Bonchev–Trinajstić information content (AvgIpc) is 3.08. The molecule has 0 radical (unpaired) electrons. The van der Waals surface area contributed by atoms with Gasteiger partial charge < -0.3 is 5.32 Å². The van der Waals surface area contributed by atoms with E-state index in [1.54, 1.807) is 41.5 Å². The number of amides is 1. The molecule has 2 heterocycles. The van der Waals surface area contributed by atoms with Crippen molar-refractivity contribution in [2.75, 3.05) is 5.32 Å². The number of rotatable bonds is 4. The fraction of sp³-hybridized carbons (Fsp3) is 0.